The monoisotopic (exact) mass is 309 g/mol. The first-order valence-electron chi connectivity index (χ1n) is 7.26. The van der Waals surface area contributed by atoms with E-state index in [1.807, 2.05) is 5.38 Å². The third kappa shape index (κ3) is 2.26. The van der Waals surface area contributed by atoms with E-state index in [0.717, 1.165) is 19.3 Å². The van der Waals surface area contributed by atoms with E-state index >= 15 is 0 Å². The number of amides is 1. The molecule has 1 saturated heterocycles. The molecule has 6 heteroatoms. The highest BCUT2D eigenvalue weighted by Crippen LogP contribution is 2.46. The van der Waals surface area contributed by atoms with Crippen LogP contribution in [0.2, 0.25) is 0 Å². The molecule has 0 aromatic carbocycles. The molecular formula is C15H19NO4S. The van der Waals surface area contributed by atoms with E-state index in [2.05, 4.69) is 0 Å². The maximum absolute atomic E-state index is 12.2. The van der Waals surface area contributed by atoms with E-state index < -0.39 is 17.4 Å². The summed E-state index contributed by atoms with van der Waals surface area (Å²) < 4.78 is 5.52. The third-order valence-corrected chi connectivity index (χ3v) is 5.56. The van der Waals surface area contributed by atoms with Gasteiger partial charge in [0.15, 0.2) is 17.1 Å². The van der Waals surface area contributed by atoms with E-state index in [4.69, 9.17) is 4.74 Å². The van der Waals surface area contributed by atoms with E-state index in [-0.39, 0.29) is 12.3 Å². The molecule has 0 bridgehead atoms. The van der Waals surface area contributed by atoms with Gasteiger partial charge in [-0.25, -0.2) is 4.79 Å². The Bertz CT molecular complexity index is 546. The number of aliphatic hydroxyl groups is 1. The normalized spacial score (nSPS) is 27.9. The van der Waals surface area contributed by atoms with Gasteiger partial charge in [0.05, 0.1) is 11.4 Å². The van der Waals surface area contributed by atoms with Crippen molar-refractivity contribution in [2.75, 3.05) is 6.54 Å². The summed E-state index contributed by atoms with van der Waals surface area (Å²) in [5.74, 6) is -0.171. The molecule has 2 aliphatic rings. The summed E-state index contributed by atoms with van der Waals surface area (Å²) in [5, 5.41) is 12.7. The molecule has 1 N–H and O–H groups in total. The molecule has 21 heavy (non-hydrogen) atoms. The SMILES string of the molecule is C[C@@]1(O)N(CC(=O)c2cccs2)C(=O)OC12CCCCC2. The van der Waals surface area contributed by atoms with E-state index in [1.165, 1.54) is 16.2 Å². The molecule has 1 aliphatic heterocycles. The minimum atomic E-state index is -1.43. The zero-order valence-corrected chi connectivity index (χ0v) is 12.8. The summed E-state index contributed by atoms with van der Waals surface area (Å²) in [6.45, 7) is 1.44. The lowest BCUT2D eigenvalue weighted by Crippen LogP contribution is -2.58. The number of ether oxygens (including phenoxy) is 1. The summed E-state index contributed by atoms with van der Waals surface area (Å²) >= 11 is 1.33. The molecule has 1 amide bonds. The van der Waals surface area contributed by atoms with Crippen LogP contribution in [0.25, 0.3) is 0 Å². The van der Waals surface area contributed by atoms with Gasteiger partial charge in [-0.15, -0.1) is 11.3 Å². The maximum Gasteiger partial charge on any atom is 0.413 e. The fourth-order valence-corrected chi connectivity index (χ4v) is 3.98. The average Bonchev–Trinajstić information content (AvgIpc) is 3.03. The highest BCUT2D eigenvalue weighted by atomic mass is 32.1. The fourth-order valence-electron chi connectivity index (χ4n) is 3.32. The zero-order chi connectivity index (χ0) is 15.1. The molecule has 1 aromatic rings. The number of hydrogen-bond acceptors (Lipinski definition) is 5. The maximum atomic E-state index is 12.2. The summed E-state index contributed by atoms with van der Waals surface area (Å²) in [5.41, 5.74) is -2.30. The smallest absolute Gasteiger partial charge is 0.413 e. The molecule has 2 heterocycles. The molecule has 1 spiro atoms. The van der Waals surface area contributed by atoms with Crippen LogP contribution in [0.4, 0.5) is 4.79 Å². The van der Waals surface area contributed by atoms with Gasteiger partial charge in [0, 0.05) is 0 Å². The van der Waals surface area contributed by atoms with Crippen LogP contribution in [0.5, 0.6) is 0 Å². The van der Waals surface area contributed by atoms with Gasteiger partial charge in [-0.1, -0.05) is 12.5 Å². The van der Waals surface area contributed by atoms with Crippen molar-refractivity contribution >= 4 is 23.2 Å². The van der Waals surface area contributed by atoms with Crippen LogP contribution in [-0.4, -0.2) is 39.8 Å². The van der Waals surface area contributed by atoms with Gasteiger partial charge in [-0.2, -0.15) is 0 Å². The minimum Gasteiger partial charge on any atom is -0.438 e. The number of hydrogen-bond donors (Lipinski definition) is 1. The number of ketones is 1. The number of carbonyl (C=O) groups excluding carboxylic acids is 2. The largest absolute Gasteiger partial charge is 0.438 e. The van der Waals surface area contributed by atoms with Crippen molar-refractivity contribution in [1.29, 1.82) is 0 Å². The number of carbonyl (C=O) groups is 2. The number of Topliss-reactive ketones (excluding diaryl/α,β-unsaturated/α-hetero) is 1. The van der Waals surface area contributed by atoms with Crippen molar-refractivity contribution in [2.45, 2.75) is 50.4 Å². The van der Waals surface area contributed by atoms with Gasteiger partial charge in [-0.3, -0.25) is 9.69 Å². The number of thiophene rings is 1. The summed E-state index contributed by atoms with van der Waals surface area (Å²) in [7, 11) is 0. The Morgan fingerprint density at radius 3 is 2.76 bits per heavy atom. The van der Waals surface area contributed by atoms with Crippen LogP contribution in [-0.2, 0) is 4.74 Å². The molecule has 0 radical (unpaired) electrons. The Balaban J connectivity index is 1.82. The zero-order valence-electron chi connectivity index (χ0n) is 12.0. The average molecular weight is 309 g/mol. The molecule has 1 atom stereocenters. The molecule has 1 aliphatic carbocycles. The van der Waals surface area contributed by atoms with Crippen molar-refractivity contribution in [3.8, 4) is 0 Å². The van der Waals surface area contributed by atoms with E-state index in [9.17, 15) is 14.7 Å². The Hall–Kier alpha value is -1.40. The van der Waals surface area contributed by atoms with Crippen molar-refractivity contribution in [3.63, 3.8) is 0 Å². The molecule has 0 unspecified atom stereocenters. The quantitative estimate of drug-likeness (QED) is 0.872. The van der Waals surface area contributed by atoms with E-state index in [0.29, 0.717) is 17.7 Å². The molecule has 2 fully saturated rings. The van der Waals surface area contributed by atoms with Crippen molar-refractivity contribution < 1.29 is 19.4 Å². The van der Waals surface area contributed by atoms with Crippen LogP contribution in [0, 0.1) is 0 Å². The molecule has 1 saturated carbocycles. The van der Waals surface area contributed by atoms with E-state index in [1.54, 1.807) is 19.1 Å². The molecule has 114 valence electrons. The standard InChI is InChI=1S/C15H19NO4S/c1-14(19)15(7-3-2-4-8-15)20-13(18)16(14)10-11(17)12-6-5-9-21-12/h5-6,9,19H,2-4,7-8,10H2,1H3/t14-/m0/s1. The predicted octanol–water partition coefficient (Wildman–Crippen LogP) is 2.79. The van der Waals surface area contributed by atoms with Crippen LogP contribution < -0.4 is 0 Å². The molecule has 3 rings (SSSR count). The van der Waals surface area contributed by atoms with Gasteiger partial charge in [0.1, 0.15) is 0 Å². The second-order valence-corrected chi connectivity index (χ2v) is 6.88. The summed E-state index contributed by atoms with van der Waals surface area (Å²) in [4.78, 5) is 26.1. The summed E-state index contributed by atoms with van der Waals surface area (Å²) in [6.07, 6.45) is 3.65. The topological polar surface area (TPSA) is 66.8 Å². The van der Waals surface area contributed by atoms with Gasteiger partial charge in [0.2, 0.25) is 0 Å². The second-order valence-electron chi connectivity index (χ2n) is 5.93. The highest BCUT2D eigenvalue weighted by molar-refractivity contribution is 7.12. The van der Waals surface area contributed by atoms with Crippen LogP contribution in [0.3, 0.4) is 0 Å². The highest BCUT2D eigenvalue weighted by Gasteiger charge is 2.62. The van der Waals surface area contributed by atoms with Crippen LogP contribution in [0.15, 0.2) is 17.5 Å². The van der Waals surface area contributed by atoms with Crippen LogP contribution in [0.1, 0.15) is 48.7 Å². The lowest BCUT2D eigenvalue weighted by atomic mass is 9.77. The van der Waals surface area contributed by atoms with Gasteiger partial charge < -0.3 is 9.84 Å². The Morgan fingerprint density at radius 1 is 1.43 bits per heavy atom. The first-order chi connectivity index (χ1) is 9.96. The first kappa shape index (κ1) is 14.5. The first-order valence-corrected chi connectivity index (χ1v) is 8.14. The summed E-state index contributed by atoms with van der Waals surface area (Å²) in [6, 6.07) is 3.51. The minimum absolute atomic E-state index is 0.145. The van der Waals surface area contributed by atoms with Gasteiger partial charge >= 0.3 is 6.09 Å². The molecule has 1 aromatic heterocycles. The number of rotatable bonds is 3. The van der Waals surface area contributed by atoms with Crippen LogP contribution >= 0.6 is 11.3 Å². The van der Waals surface area contributed by atoms with Crippen molar-refractivity contribution in [2.24, 2.45) is 0 Å². The fraction of sp³-hybridized carbons (Fsp3) is 0.600. The van der Waals surface area contributed by atoms with Crippen molar-refractivity contribution in [1.82, 2.24) is 4.90 Å². The Labute approximate surface area is 127 Å². The lowest BCUT2D eigenvalue weighted by Gasteiger charge is -2.41. The predicted molar refractivity (Wildman–Crippen MR) is 78.3 cm³/mol. The van der Waals surface area contributed by atoms with Gasteiger partial charge in [0.25, 0.3) is 0 Å². The third-order valence-electron chi connectivity index (χ3n) is 4.65. The Kier molecular flexibility index (Phi) is 3.53. The Morgan fingerprint density at radius 2 is 2.14 bits per heavy atom. The van der Waals surface area contributed by atoms with Crippen molar-refractivity contribution in [3.05, 3.63) is 22.4 Å². The molecular weight excluding hydrogens is 290 g/mol. The second kappa shape index (κ2) is 5.10. The van der Waals surface area contributed by atoms with Gasteiger partial charge in [-0.05, 0) is 44.1 Å². The molecule has 5 nitrogen and oxygen atoms in total. The number of nitrogens with zero attached hydrogens (tertiary/aromatic N) is 1. The lowest BCUT2D eigenvalue weighted by molar-refractivity contribution is -0.156.